The van der Waals surface area contributed by atoms with Crippen molar-refractivity contribution in [2.24, 2.45) is 0 Å². The number of amides is 4. The van der Waals surface area contributed by atoms with Gasteiger partial charge < -0.3 is 51.6 Å². The molecule has 362 valence electrons. The Morgan fingerprint density at radius 1 is 0.530 bits per heavy atom. The number of hydrogen-bond donors (Lipinski definition) is 8. The van der Waals surface area contributed by atoms with Gasteiger partial charge in [0.2, 0.25) is 23.6 Å². The number of benzene rings is 2. The van der Waals surface area contributed by atoms with Gasteiger partial charge in [-0.1, -0.05) is 12.1 Å². The number of ether oxygens (including phenoxy) is 2. The second-order valence-corrected chi connectivity index (χ2v) is 13.8. The van der Waals surface area contributed by atoms with Gasteiger partial charge in [-0.05, 0) is 76.1 Å². The van der Waals surface area contributed by atoms with Crippen molar-refractivity contribution < 1.29 is 74.8 Å². The number of unbranched alkanes of at least 4 members (excludes halogenated alkanes) is 1. The SMILES string of the molecule is COc1cc(NC(=O)CCC(=O)NCCCNCCCCNCCCNC(=O)CCC(=O)Nc2cc(OC)cc3cccnc23)c2ncccc2c1.O=C(O)C(F)(F)F.O=C(O)C(F)(F)F. The van der Waals surface area contributed by atoms with E-state index in [1.165, 1.54) is 0 Å². The first-order chi connectivity index (χ1) is 31.2. The van der Waals surface area contributed by atoms with Crippen molar-refractivity contribution in [3.05, 3.63) is 60.9 Å². The predicted octanol–water partition coefficient (Wildman–Crippen LogP) is 5.18. The molecule has 66 heavy (non-hydrogen) atoms. The average molecular weight is 943 g/mol. The first-order valence-corrected chi connectivity index (χ1v) is 20.2. The molecule has 24 heteroatoms. The highest BCUT2D eigenvalue weighted by Crippen LogP contribution is 2.29. The van der Waals surface area contributed by atoms with E-state index < -0.39 is 24.3 Å². The number of carbonyl (C=O) groups excluding carboxylic acids is 4. The molecule has 0 bridgehead atoms. The monoisotopic (exact) mass is 942 g/mol. The lowest BCUT2D eigenvalue weighted by Gasteiger charge is -2.11. The van der Waals surface area contributed by atoms with Crippen LogP contribution in [0.1, 0.15) is 51.4 Å². The summed E-state index contributed by atoms with van der Waals surface area (Å²) in [6.07, 6.45) is -2.85. The maximum absolute atomic E-state index is 12.5. The number of halogens is 6. The fourth-order valence-corrected chi connectivity index (χ4v) is 5.44. The summed E-state index contributed by atoms with van der Waals surface area (Å²) < 4.78 is 74.1. The predicted molar refractivity (Wildman–Crippen MR) is 230 cm³/mol. The number of nitrogens with zero attached hydrogens (tertiary/aromatic N) is 2. The van der Waals surface area contributed by atoms with Crippen LogP contribution in [-0.2, 0) is 28.8 Å². The van der Waals surface area contributed by atoms with Crippen LogP contribution in [0.15, 0.2) is 60.9 Å². The third-order valence-corrected chi connectivity index (χ3v) is 8.68. The van der Waals surface area contributed by atoms with E-state index in [1.807, 2.05) is 36.4 Å². The molecule has 2 heterocycles. The summed E-state index contributed by atoms with van der Waals surface area (Å²) in [6, 6.07) is 14.6. The zero-order valence-corrected chi connectivity index (χ0v) is 36.0. The second kappa shape index (κ2) is 28.9. The Morgan fingerprint density at radius 2 is 0.864 bits per heavy atom. The van der Waals surface area contributed by atoms with Gasteiger partial charge in [0.1, 0.15) is 11.5 Å². The molecule has 0 aliphatic rings. The average Bonchev–Trinajstić information content (AvgIpc) is 3.27. The summed E-state index contributed by atoms with van der Waals surface area (Å²) in [5.74, 6) is -5.12. The van der Waals surface area contributed by atoms with Gasteiger partial charge in [0.05, 0.1) is 36.6 Å². The van der Waals surface area contributed by atoms with Crippen molar-refractivity contribution in [3.63, 3.8) is 0 Å². The maximum atomic E-state index is 12.5. The number of aliphatic carboxylic acids is 2. The van der Waals surface area contributed by atoms with Gasteiger partial charge in [-0.2, -0.15) is 26.3 Å². The fourth-order valence-electron chi connectivity index (χ4n) is 5.44. The number of fused-ring (bicyclic) bond motifs is 2. The highest BCUT2D eigenvalue weighted by atomic mass is 19.4. The molecular formula is C42H52F6N8O10. The van der Waals surface area contributed by atoms with Crippen LogP contribution < -0.4 is 41.4 Å². The molecular weight excluding hydrogens is 890 g/mol. The minimum absolute atomic E-state index is 0.0708. The molecule has 18 nitrogen and oxygen atoms in total. The van der Waals surface area contributed by atoms with Crippen LogP contribution in [0.5, 0.6) is 11.5 Å². The van der Waals surface area contributed by atoms with Crippen molar-refractivity contribution in [2.75, 3.05) is 64.1 Å². The van der Waals surface area contributed by atoms with Crippen molar-refractivity contribution in [2.45, 2.75) is 63.7 Å². The third kappa shape index (κ3) is 22.2. The van der Waals surface area contributed by atoms with E-state index >= 15 is 0 Å². The molecule has 0 fully saturated rings. The number of anilines is 2. The van der Waals surface area contributed by atoms with E-state index in [-0.39, 0.29) is 49.3 Å². The van der Waals surface area contributed by atoms with Gasteiger partial charge in [0, 0.05) is 74.1 Å². The number of methoxy groups -OCH3 is 2. The number of alkyl halides is 6. The first-order valence-electron chi connectivity index (χ1n) is 20.2. The second-order valence-electron chi connectivity index (χ2n) is 13.8. The summed E-state index contributed by atoms with van der Waals surface area (Å²) >= 11 is 0. The zero-order chi connectivity index (χ0) is 49.1. The Hall–Kier alpha value is -6.82. The number of aromatic nitrogens is 2. The third-order valence-electron chi connectivity index (χ3n) is 8.68. The minimum Gasteiger partial charge on any atom is -0.497 e. The highest BCUT2D eigenvalue weighted by Gasteiger charge is 2.39. The summed E-state index contributed by atoms with van der Waals surface area (Å²) in [7, 11) is 3.13. The molecule has 0 aliphatic carbocycles. The standard InChI is InChI=1S/C38H50N8O6.2C2HF3O2/c1-51-29-23-27-9-5-19-43-37(27)31(25-29)45-35(49)13-11-33(47)41-21-7-17-39-15-3-4-16-40-18-8-22-42-34(48)12-14-36(50)46-32-26-30(52-2)24-28-10-6-20-44-38(28)32;2*3-2(4,5)1(6)7/h5-6,9-10,19-20,23-26,39-40H,3-4,7-8,11-18,21-22H2,1-2H3,(H,41,47)(H,42,48)(H,45,49)(H,46,50);2*(H,6,7). The Labute approximate surface area is 374 Å². The number of pyridine rings is 2. The lowest BCUT2D eigenvalue weighted by atomic mass is 10.1. The van der Waals surface area contributed by atoms with Crippen molar-refractivity contribution >= 4 is 68.7 Å². The van der Waals surface area contributed by atoms with Crippen LogP contribution in [-0.4, -0.2) is 122 Å². The first kappa shape index (κ1) is 55.3. The van der Waals surface area contributed by atoms with Gasteiger partial charge in [0.25, 0.3) is 0 Å². The largest absolute Gasteiger partial charge is 0.497 e. The number of rotatable bonds is 23. The summed E-state index contributed by atoms with van der Waals surface area (Å²) in [5, 5.41) is 34.2. The Morgan fingerprint density at radius 3 is 1.20 bits per heavy atom. The lowest BCUT2D eigenvalue weighted by molar-refractivity contribution is -0.193. The quantitative estimate of drug-likeness (QED) is 0.0353. The lowest BCUT2D eigenvalue weighted by Crippen LogP contribution is -2.29. The molecule has 0 aliphatic heterocycles. The molecule has 0 spiro atoms. The number of carboxylic acid groups (broad SMARTS) is 2. The van der Waals surface area contributed by atoms with E-state index in [1.54, 1.807) is 38.7 Å². The highest BCUT2D eigenvalue weighted by molar-refractivity contribution is 6.03. The molecule has 0 saturated carbocycles. The topological polar surface area (TPSA) is 259 Å². The molecule has 4 aromatic rings. The van der Waals surface area contributed by atoms with Crippen LogP contribution >= 0.6 is 0 Å². The number of nitrogens with one attached hydrogen (secondary N) is 6. The van der Waals surface area contributed by atoms with E-state index in [4.69, 9.17) is 29.3 Å². The molecule has 0 saturated heterocycles. The van der Waals surface area contributed by atoms with Crippen molar-refractivity contribution in [1.29, 1.82) is 0 Å². The Bertz CT molecular complexity index is 2060. The number of carbonyl (C=O) groups is 6. The van der Waals surface area contributed by atoms with Crippen LogP contribution in [0.25, 0.3) is 21.8 Å². The minimum atomic E-state index is -5.08. The van der Waals surface area contributed by atoms with Gasteiger partial charge in [-0.25, -0.2) is 9.59 Å². The molecule has 4 rings (SSSR count). The van der Waals surface area contributed by atoms with Gasteiger partial charge in [0.15, 0.2) is 0 Å². The molecule has 2 aromatic heterocycles. The van der Waals surface area contributed by atoms with Gasteiger partial charge in [-0.15, -0.1) is 0 Å². The maximum Gasteiger partial charge on any atom is 0.490 e. The molecule has 2 aromatic carbocycles. The van der Waals surface area contributed by atoms with Crippen LogP contribution in [0.3, 0.4) is 0 Å². The Balaban J connectivity index is 0.000000923. The van der Waals surface area contributed by atoms with Crippen molar-refractivity contribution in [1.82, 2.24) is 31.2 Å². The molecule has 0 atom stereocenters. The summed E-state index contributed by atoms with van der Waals surface area (Å²) in [5.41, 5.74) is 2.44. The van der Waals surface area contributed by atoms with Crippen LogP contribution in [0, 0.1) is 0 Å². The Kier molecular flexibility index (Phi) is 24.2. The molecule has 8 N–H and O–H groups in total. The van der Waals surface area contributed by atoms with Crippen LogP contribution in [0.4, 0.5) is 37.7 Å². The molecule has 4 amide bonds. The number of carboxylic acids is 2. The summed E-state index contributed by atoms with van der Waals surface area (Å²) in [6.45, 7) is 4.44. The molecule has 0 unspecified atom stereocenters. The smallest absolute Gasteiger partial charge is 0.490 e. The van der Waals surface area contributed by atoms with E-state index in [0.29, 0.717) is 47.0 Å². The van der Waals surface area contributed by atoms with E-state index in [0.717, 1.165) is 62.6 Å². The van der Waals surface area contributed by atoms with Gasteiger partial charge >= 0.3 is 24.3 Å². The van der Waals surface area contributed by atoms with Crippen molar-refractivity contribution in [3.8, 4) is 11.5 Å². The fraction of sp³-hybridized carbons (Fsp3) is 0.429. The molecule has 0 radical (unpaired) electrons. The zero-order valence-electron chi connectivity index (χ0n) is 36.0. The number of hydrogen-bond acceptors (Lipinski definition) is 12. The van der Waals surface area contributed by atoms with E-state index in [2.05, 4.69) is 41.9 Å². The van der Waals surface area contributed by atoms with E-state index in [9.17, 15) is 45.5 Å². The van der Waals surface area contributed by atoms with Crippen LogP contribution in [0.2, 0.25) is 0 Å². The normalized spacial score (nSPS) is 11.0. The van der Waals surface area contributed by atoms with Gasteiger partial charge in [-0.3, -0.25) is 29.1 Å². The summed E-state index contributed by atoms with van der Waals surface area (Å²) in [4.78, 5) is 75.9.